The Labute approximate surface area is 108 Å². The van der Waals surface area contributed by atoms with Crippen molar-refractivity contribution in [2.75, 3.05) is 19.7 Å². The molecule has 1 aromatic carbocycles. The van der Waals surface area contributed by atoms with E-state index in [4.69, 9.17) is 9.47 Å². The summed E-state index contributed by atoms with van der Waals surface area (Å²) >= 11 is 0. The zero-order valence-electron chi connectivity index (χ0n) is 11.3. The van der Waals surface area contributed by atoms with Gasteiger partial charge < -0.3 is 14.8 Å². The van der Waals surface area contributed by atoms with E-state index < -0.39 is 0 Å². The summed E-state index contributed by atoms with van der Waals surface area (Å²) in [5.74, 6) is 1.31. The van der Waals surface area contributed by atoms with Crippen LogP contribution in [0.25, 0.3) is 0 Å². The molecule has 0 aliphatic carbocycles. The minimum absolute atomic E-state index is 0.142. The molecule has 2 atom stereocenters. The van der Waals surface area contributed by atoms with Gasteiger partial charge in [0.2, 0.25) is 0 Å². The predicted octanol–water partition coefficient (Wildman–Crippen LogP) is 2.31. The molecule has 2 unspecified atom stereocenters. The first-order valence-corrected chi connectivity index (χ1v) is 6.67. The summed E-state index contributed by atoms with van der Waals surface area (Å²) in [5.41, 5.74) is 0.789. The maximum absolute atomic E-state index is 6.50. The third kappa shape index (κ3) is 1.73. The fourth-order valence-electron chi connectivity index (χ4n) is 3.10. The van der Waals surface area contributed by atoms with Crippen molar-refractivity contribution in [1.82, 2.24) is 5.32 Å². The molecule has 18 heavy (non-hydrogen) atoms. The minimum atomic E-state index is -0.253. The lowest BCUT2D eigenvalue weighted by molar-refractivity contribution is -0.202. The number of rotatable bonds is 0. The van der Waals surface area contributed by atoms with Crippen LogP contribution in [-0.4, -0.2) is 25.3 Å². The zero-order chi connectivity index (χ0) is 12.8. The molecule has 1 fully saturated rings. The molecule has 1 aromatic rings. The van der Waals surface area contributed by atoms with Crippen LogP contribution in [0, 0.1) is 5.92 Å². The second-order valence-electron chi connectivity index (χ2n) is 6.06. The van der Waals surface area contributed by atoms with Crippen molar-refractivity contribution >= 4 is 0 Å². The molecule has 0 radical (unpaired) electrons. The molecule has 3 nitrogen and oxygen atoms in total. The first-order valence-electron chi connectivity index (χ1n) is 6.67. The van der Waals surface area contributed by atoms with Crippen molar-refractivity contribution in [3.63, 3.8) is 0 Å². The first kappa shape index (κ1) is 12.0. The Bertz CT molecular complexity index is 458. The molecule has 0 amide bonds. The summed E-state index contributed by atoms with van der Waals surface area (Å²) in [6.07, 6.45) is 0. The fraction of sp³-hybridized carbons (Fsp3) is 0.600. The van der Waals surface area contributed by atoms with Gasteiger partial charge in [-0.1, -0.05) is 25.1 Å². The van der Waals surface area contributed by atoms with Crippen LogP contribution < -0.4 is 10.1 Å². The molecule has 1 spiro atoms. The first-order chi connectivity index (χ1) is 8.54. The summed E-state index contributed by atoms with van der Waals surface area (Å²) in [6.45, 7) is 8.97. The lowest BCUT2D eigenvalue weighted by atomic mass is 9.78. The number of morpholine rings is 1. The summed E-state index contributed by atoms with van der Waals surface area (Å²) in [5, 5.41) is 3.53. The minimum Gasteiger partial charge on any atom is -0.493 e. The Morgan fingerprint density at radius 2 is 2.00 bits per heavy atom. The molecule has 3 rings (SSSR count). The molecular formula is C15H21NO2. The quantitative estimate of drug-likeness (QED) is 0.763. The number of hydrogen-bond donors (Lipinski definition) is 1. The molecule has 1 saturated heterocycles. The van der Waals surface area contributed by atoms with Gasteiger partial charge in [0.05, 0.1) is 12.2 Å². The highest BCUT2D eigenvalue weighted by atomic mass is 16.5. The van der Waals surface area contributed by atoms with Gasteiger partial charge in [0, 0.05) is 24.6 Å². The normalized spacial score (nSPS) is 33.8. The van der Waals surface area contributed by atoms with Crippen LogP contribution in [0.15, 0.2) is 24.3 Å². The van der Waals surface area contributed by atoms with Gasteiger partial charge in [-0.05, 0) is 19.9 Å². The Morgan fingerprint density at radius 1 is 1.22 bits per heavy atom. The number of fused-ring (bicyclic) bond motifs is 2. The van der Waals surface area contributed by atoms with Gasteiger partial charge in [0.1, 0.15) is 11.4 Å². The number of nitrogens with one attached hydrogen (secondary N) is 1. The van der Waals surface area contributed by atoms with Crippen LogP contribution >= 0.6 is 0 Å². The summed E-state index contributed by atoms with van der Waals surface area (Å²) in [7, 11) is 0. The van der Waals surface area contributed by atoms with E-state index in [2.05, 4.69) is 38.2 Å². The van der Waals surface area contributed by atoms with Gasteiger partial charge in [-0.3, -0.25) is 0 Å². The van der Waals surface area contributed by atoms with Crippen LogP contribution in [0.2, 0.25) is 0 Å². The van der Waals surface area contributed by atoms with E-state index in [-0.39, 0.29) is 11.2 Å². The lowest BCUT2D eigenvalue weighted by Gasteiger charge is -2.51. The van der Waals surface area contributed by atoms with Gasteiger partial charge in [-0.25, -0.2) is 0 Å². The smallest absolute Gasteiger partial charge is 0.125 e. The molecule has 98 valence electrons. The highest BCUT2D eigenvalue weighted by Gasteiger charge is 2.49. The SMILES string of the molecule is CC1COc2ccccc2C12CNCC(C)(C)O2. The summed E-state index contributed by atoms with van der Waals surface area (Å²) in [6, 6.07) is 8.25. The highest BCUT2D eigenvalue weighted by molar-refractivity contribution is 5.41. The predicted molar refractivity (Wildman–Crippen MR) is 70.8 cm³/mol. The van der Waals surface area contributed by atoms with Crippen LogP contribution in [-0.2, 0) is 10.3 Å². The number of benzene rings is 1. The molecule has 0 aromatic heterocycles. The lowest BCUT2D eigenvalue weighted by Crippen LogP contribution is -2.60. The Balaban J connectivity index is 2.09. The topological polar surface area (TPSA) is 30.5 Å². The van der Waals surface area contributed by atoms with E-state index in [1.165, 1.54) is 5.56 Å². The monoisotopic (exact) mass is 247 g/mol. The average Bonchev–Trinajstić information content (AvgIpc) is 2.34. The Kier molecular flexibility index (Phi) is 2.65. The van der Waals surface area contributed by atoms with Gasteiger partial charge in [0.15, 0.2) is 0 Å². The van der Waals surface area contributed by atoms with Crippen LogP contribution in [0.1, 0.15) is 26.3 Å². The third-order valence-electron chi connectivity index (χ3n) is 4.02. The van der Waals surface area contributed by atoms with Crippen molar-refractivity contribution in [2.45, 2.75) is 32.0 Å². The molecule has 2 aliphatic rings. The summed E-state index contributed by atoms with van der Waals surface area (Å²) in [4.78, 5) is 0. The van der Waals surface area contributed by atoms with E-state index in [1.54, 1.807) is 0 Å². The maximum Gasteiger partial charge on any atom is 0.125 e. The van der Waals surface area contributed by atoms with Gasteiger partial charge in [-0.2, -0.15) is 0 Å². The van der Waals surface area contributed by atoms with Gasteiger partial charge in [-0.15, -0.1) is 0 Å². The summed E-state index contributed by atoms with van der Waals surface area (Å²) < 4.78 is 12.3. The molecule has 0 bridgehead atoms. The van der Waals surface area contributed by atoms with E-state index >= 15 is 0 Å². The van der Waals surface area contributed by atoms with E-state index in [0.717, 1.165) is 25.4 Å². The molecule has 2 aliphatic heterocycles. The van der Waals surface area contributed by atoms with Crippen molar-refractivity contribution in [2.24, 2.45) is 5.92 Å². The van der Waals surface area contributed by atoms with Crippen LogP contribution in [0.4, 0.5) is 0 Å². The van der Waals surface area contributed by atoms with Crippen molar-refractivity contribution in [1.29, 1.82) is 0 Å². The largest absolute Gasteiger partial charge is 0.493 e. The van der Waals surface area contributed by atoms with Crippen molar-refractivity contribution < 1.29 is 9.47 Å². The second-order valence-corrected chi connectivity index (χ2v) is 6.06. The van der Waals surface area contributed by atoms with E-state index in [0.29, 0.717) is 5.92 Å². The number of ether oxygens (including phenoxy) is 2. The average molecular weight is 247 g/mol. The fourth-order valence-corrected chi connectivity index (χ4v) is 3.10. The Hall–Kier alpha value is -1.06. The molecule has 2 heterocycles. The molecule has 0 saturated carbocycles. The molecule has 1 N–H and O–H groups in total. The second kappa shape index (κ2) is 3.97. The van der Waals surface area contributed by atoms with E-state index in [9.17, 15) is 0 Å². The number of hydrogen-bond acceptors (Lipinski definition) is 3. The van der Waals surface area contributed by atoms with Gasteiger partial charge in [0.25, 0.3) is 0 Å². The van der Waals surface area contributed by atoms with Crippen molar-refractivity contribution in [3.05, 3.63) is 29.8 Å². The zero-order valence-corrected chi connectivity index (χ0v) is 11.3. The van der Waals surface area contributed by atoms with Gasteiger partial charge >= 0.3 is 0 Å². The molecule has 3 heteroatoms. The third-order valence-corrected chi connectivity index (χ3v) is 4.02. The number of para-hydroxylation sites is 1. The standard InChI is InChI=1S/C15H21NO2/c1-11-8-17-13-7-5-4-6-12(13)15(11)10-16-9-14(2,3)18-15/h4-7,11,16H,8-10H2,1-3H3. The van der Waals surface area contributed by atoms with E-state index in [1.807, 2.05) is 12.1 Å². The van der Waals surface area contributed by atoms with Crippen molar-refractivity contribution in [3.8, 4) is 5.75 Å². The molecular weight excluding hydrogens is 226 g/mol. The Morgan fingerprint density at radius 3 is 2.78 bits per heavy atom. The van der Waals surface area contributed by atoms with Crippen LogP contribution in [0.5, 0.6) is 5.75 Å². The van der Waals surface area contributed by atoms with Crippen LogP contribution in [0.3, 0.4) is 0 Å². The maximum atomic E-state index is 6.50. The highest BCUT2D eigenvalue weighted by Crippen LogP contribution is 2.46.